The van der Waals surface area contributed by atoms with Crippen LogP contribution >= 0.6 is 0 Å². The van der Waals surface area contributed by atoms with Gasteiger partial charge in [-0.25, -0.2) is 0 Å². The molecule has 0 radical (unpaired) electrons. The van der Waals surface area contributed by atoms with Crippen molar-refractivity contribution in [3.05, 3.63) is 0 Å². The van der Waals surface area contributed by atoms with E-state index in [9.17, 15) is 17.4 Å². The van der Waals surface area contributed by atoms with E-state index in [4.69, 9.17) is 5.73 Å². The molecule has 0 aromatic heterocycles. The molecule has 0 spiro atoms. The average Bonchev–Trinajstić information content (AvgIpc) is 2.15. The van der Waals surface area contributed by atoms with Crippen molar-refractivity contribution in [1.29, 1.82) is 0 Å². The van der Waals surface area contributed by atoms with E-state index in [1.807, 2.05) is 0 Å². The Kier molecular flexibility index (Phi) is 4.54. The van der Waals surface area contributed by atoms with Gasteiger partial charge in [0.15, 0.2) is 0 Å². The van der Waals surface area contributed by atoms with Gasteiger partial charge in [0, 0.05) is 48.5 Å². The van der Waals surface area contributed by atoms with Gasteiger partial charge in [0.2, 0.25) is 0 Å². The second-order valence-corrected chi connectivity index (χ2v) is 5.32. The summed E-state index contributed by atoms with van der Waals surface area (Å²) < 4.78 is 48.2. The van der Waals surface area contributed by atoms with E-state index in [1.54, 1.807) is 4.90 Å². The van der Waals surface area contributed by atoms with Crippen LogP contribution in [0.5, 0.6) is 0 Å². The van der Waals surface area contributed by atoms with E-state index >= 15 is 0 Å². The van der Waals surface area contributed by atoms with Gasteiger partial charge in [0.05, 0.1) is 5.92 Å². The minimum Gasteiger partial charge on any atom is -0.330 e. The van der Waals surface area contributed by atoms with Crippen LogP contribution in [-0.4, -0.2) is 53.0 Å². The van der Waals surface area contributed by atoms with Crippen LogP contribution in [0.2, 0.25) is 0 Å². The molecule has 0 bridgehead atoms. The molecule has 90 valence electrons. The third-order valence-corrected chi connectivity index (χ3v) is 3.77. The zero-order chi connectivity index (χ0) is 11.5. The first-order chi connectivity index (χ1) is 6.93. The second-order valence-electron chi connectivity index (χ2n) is 3.62. The Morgan fingerprint density at radius 2 is 1.87 bits per heavy atom. The van der Waals surface area contributed by atoms with Crippen LogP contribution in [0.3, 0.4) is 0 Å². The fourth-order valence-electron chi connectivity index (χ4n) is 1.48. The first-order valence-electron chi connectivity index (χ1n) is 4.77. The Bertz CT molecular complexity index is 224. The fraction of sp³-hybridized carbons (Fsp3) is 1.00. The van der Waals surface area contributed by atoms with Crippen LogP contribution in [0.1, 0.15) is 0 Å². The molecule has 15 heavy (non-hydrogen) atoms. The average molecular weight is 244 g/mol. The summed E-state index contributed by atoms with van der Waals surface area (Å²) in [6.45, 7) is 0.485. The number of nitrogens with two attached hydrogens (primary N) is 1. The van der Waals surface area contributed by atoms with Gasteiger partial charge in [0.25, 0.3) is 0 Å². The van der Waals surface area contributed by atoms with Crippen molar-refractivity contribution < 1.29 is 17.4 Å². The van der Waals surface area contributed by atoms with Gasteiger partial charge in [-0.1, -0.05) is 0 Å². The Morgan fingerprint density at radius 1 is 1.33 bits per heavy atom. The smallest absolute Gasteiger partial charge is 0.330 e. The molecule has 1 rings (SSSR count). The normalized spacial score (nSPS) is 22.9. The van der Waals surface area contributed by atoms with Crippen molar-refractivity contribution in [2.24, 2.45) is 11.7 Å². The van der Waals surface area contributed by atoms with Crippen molar-refractivity contribution in [3.8, 4) is 0 Å². The molecule has 0 amide bonds. The first kappa shape index (κ1) is 12.9. The van der Waals surface area contributed by atoms with Crippen molar-refractivity contribution in [2.45, 2.75) is 6.18 Å². The highest BCUT2D eigenvalue weighted by Crippen LogP contribution is 2.26. The summed E-state index contributed by atoms with van der Waals surface area (Å²) in [5, 5.41) is 0. The molecular formula is C8H15F3N2OS. The number of rotatable bonds is 3. The maximum atomic E-state index is 12.4. The summed E-state index contributed by atoms with van der Waals surface area (Å²) in [6.07, 6.45) is -4.23. The first-order valence-corrected chi connectivity index (χ1v) is 6.26. The number of halogens is 3. The Hall–Kier alpha value is -0.140. The lowest BCUT2D eigenvalue weighted by Gasteiger charge is -2.30. The van der Waals surface area contributed by atoms with Gasteiger partial charge in [-0.05, 0) is 0 Å². The van der Waals surface area contributed by atoms with Gasteiger partial charge >= 0.3 is 6.18 Å². The van der Waals surface area contributed by atoms with Crippen LogP contribution in [0.4, 0.5) is 13.2 Å². The minimum atomic E-state index is -4.23. The SMILES string of the molecule is NCC(CN1CCS(=O)CC1)C(F)(F)F. The van der Waals surface area contributed by atoms with E-state index in [0.29, 0.717) is 24.6 Å². The lowest BCUT2D eigenvalue weighted by Crippen LogP contribution is -2.45. The van der Waals surface area contributed by atoms with Crippen LogP contribution in [0.25, 0.3) is 0 Å². The molecule has 1 aliphatic rings. The predicted octanol–water partition coefficient (Wildman–Crippen LogP) is 0.188. The van der Waals surface area contributed by atoms with Gasteiger partial charge in [-0.3, -0.25) is 4.21 Å². The summed E-state index contributed by atoms with van der Waals surface area (Å²) in [5.74, 6) is -0.534. The summed E-state index contributed by atoms with van der Waals surface area (Å²) in [6, 6.07) is 0. The maximum Gasteiger partial charge on any atom is 0.394 e. The lowest BCUT2D eigenvalue weighted by atomic mass is 10.1. The Balaban J connectivity index is 2.42. The maximum absolute atomic E-state index is 12.4. The molecule has 0 aromatic carbocycles. The van der Waals surface area contributed by atoms with Crippen molar-refractivity contribution in [2.75, 3.05) is 37.7 Å². The Labute approximate surface area is 89.3 Å². The van der Waals surface area contributed by atoms with E-state index in [2.05, 4.69) is 0 Å². The van der Waals surface area contributed by atoms with Gasteiger partial charge in [0.1, 0.15) is 0 Å². The summed E-state index contributed by atoms with van der Waals surface area (Å²) in [5.41, 5.74) is 5.10. The van der Waals surface area contributed by atoms with Crippen molar-refractivity contribution in [1.82, 2.24) is 4.90 Å². The van der Waals surface area contributed by atoms with E-state index in [0.717, 1.165) is 0 Å². The van der Waals surface area contributed by atoms with E-state index in [1.165, 1.54) is 0 Å². The van der Waals surface area contributed by atoms with Crippen LogP contribution in [-0.2, 0) is 10.8 Å². The third kappa shape index (κ3) is 4.08. The van der Waals surface area contributed by atoms with Crippen LogP contribution < -0.4 is 5.73 Å². The second kappa shape index (κ2) is 5.27. The molecular weight excluding hydrogens is 229 g/mol. The van der Waals surface area contributed by atoms with Crippen molar-refractivity contribution >= 4 is 10.8 Å². The quantitative estimate of drug-likeness (QED) is 0.771. The summed E-state index contributed by atoms with van der Waals surface area (Å²) >= 11 is 0. The zero-order valence-corrected chi connectivity index (χ0v) is 9.11. The molecule has 1 aliphatic heterocycles. The fourth-order valence-corrected chi connectivity index (χ4v) is 2.61. The molecule has 0 aliphatic carbocycles. The monoisotopic (exact) mass is 244 g/mol. The molecule has 7 heteroatoms. The number of hydrogen-bond acceptors (Lipinski definition) is 3. The van der Waals surface area contributed by atoms with Gasteiger partial charge < -0.3 is 10.6 Å². The van der Waals surface area contributed by atoms with Crippen molar-refractivity contribution in [3.63, 3.8) is 0 Å². The largest absolute Gasteiger partial charge is 0.394 e. The molecule has 3 nitrogen and oxygen atoms in total. The molecule has 1 heterocycles. The molecule has 1 atom stereocenters. The predicted molar refractivity (Wildman–Crippen MR) is 52.9 cm³/mol. The number of alkyl halides is 3. The highest BCUT2D eigenvalue weighted by atomic mass is 32.2. The summed E-state index contributed by atoms with van der Waals surface area (Å²) in [7, 11) is -0.853. The molecule has 1 unspecified atom stereocenters. The van der Waals surface area contributed by atoms with Gasteiger partial charge in [-0.2, -0.15) is 13.2 Å². The third-order valence-electron chi connectivity index (χ3n) is 2.50. The topological polar surface area (TPSA) is 46.3 Å². The number of hydrogen-bond donors (Lipinski definition) is 1. The molecule has 2 N–H and O–H groups in total. The molecule has 1 fully saturated rings. The molecule has 0 saturated carbocycles. The summed E-state index contributed by atoms with van der Waals surface area (Å²) in [4.78, 5) is 1.69. The highest BCUT2D eigenvalue weighted by Gasteiger charge is 2.39. The lowest BCUT2D eigenvalue weighted by molar-refractivity contribution is -0.176. The van der Waals surface area contributed by atoms with E-state index in [-0.39, 0.29) is 13.1 Å². The van der Waals surface area contributed by atoms with Crippen LogP contribution in [0, 0.1) is 5.92 Å². The minimum absolute atomic E-state index is 0.0722. The zero-order valence-electron chi connectivity index (χ0n) is 8.29. The van der Waals surface area contributed by atoms with Gasteiger partial charge in [-0.15, -0.1) is 0 Å². The Morgan fingerprint density at radius 3 is 2.27 bits per heavy atom. The highest BCUT2D eigenvalue weighted by molar-refractivity contribution is 7.85. The van der Waals surface area contributed by atoms with Crippen LogP contribution in [0.15, 0.2) is 0 Å². The molecule has 1 saturated heterocycles. The van der Waals surface area contributed by atoms with E-state index < -0.39 is 22.9 Å². The number of nitrogens with zero attached hydrogens (tertiary/aromatic N) is 1. The standard InChI is InChI=1S/C8H15F3N2OS/c9-8(10,11)7(5-12)6-13-1-3-15(14)4-2-13/h7H,1-6,12H2. The molecule has 0 aromatic rings.